The molecule has 2 N–H and O–H groups in total. The summed E-state index contributed by atoms with van der Waals surface area (Å²) in [5.74, 6) is 0.145. The highest BCUT2D eigenvalue weighted by Crippen LogP contribution is 2.15. The van der Waals surface area contributed by atoms with Crippen LogP contribution in [-0.4, -0.2) is 17.8 Å². The van der Waals surface area contributed by atoms with Crippen LogP contribution in [0.5, 0.6) is 0 Å². The Labute approximate surface area is 96.5 Å². The van der Waals surface area contributed by atoms with Crippen molar-refractivity contribution >= 4 is 0 Å². The minimum absolute atomic E-state index is 0.0695. The maximum absolute atomic E-state index is 12.7. The summed E-state index contributed by atoms with van der Waals surface area (Å²) in [5.41, 5.74) is 1.03. The quantitative estimate of drug-likeness (QED) is 0.807. The molecule has 0 saturated heterocycles. The lowest BCUT2D eigenvalue weighted by atomic mass is 10.0. The molecule has 0 aliphatic rings. The average molecular weight is 225 g/mol. The van der Waals surface area contributed by atoms with Crippen LogP contribution in [0, 0.1) is 11.7 Å². The SMILES string of the molecule is CC(NC(CO)C(C)C)c1ccc(F)cc1. The van der Waals surface area contributed by atoms with Crippen LogP contribution in [0.15, 0.2) is 24.3 Å². The van der Waals surface area contributed by atoms with Gasteiger partial charge in [0, 0.05) is 12.1 Å². The number of nitrogens with one attached hydrogen (secondary N) is 1. The van der Waals surface area contributed by atoms with Crippen LogP contribution in [0.3, 0.4) is 0 Å². The predicted octanol–water partition coefficient (Wildman–Crippen LogP) is 2.49. The van der Waals surface area contributed by atoms with Gasteiger partial charge in [-0.25, -0.2) is 4.39 Å². The summed E-state index contributed by atoms with van der Waals surface area (Å²) >= 11 is 0. The zero-order chi connectivity index (χ0) is 12.1. The van der Waals surface area contributed by atoms with Crippen LogP contribution in [0.4, 0.5) is 4.39 Å². The third-order valence-corrected chi connectivity index (χ3v) is 2.84. The van der Waals surface area contributed by atoms with Crippen LogP contribution in [0.1, 0.15) is 32.4 Å². The minimum atomic E-state index is -0.224. The van der Waals surface area contributed by atoms with Gasteiger partial charge in [0.1, 0.15) is 5.82 Å². The fraction of sp³-hybridized carbons (Fsp3) is 0.538. The van der Waals surface area contributed by atoms with Crippen molar-refractivity contribution in [3.05, 3.63) is 35.6 Å². The van der Waals surface area contributed by atoms with E-state index in [0.29, 0.717) is 5.92 Å². The summed E-state index contributed by atoms with van der Waals surface area (Å²) in [7, 11) is 0. The summed E-state index contributed by atoms with van der Waals surface area (Å²) in [4.78, 5) is 0. The van der Waals surface area contributed by atoms with Crippen LogP contribution in [0.25, 0.3) is 0 Å². The smallest absolute Gasteiger partial charge is 0.123 e. The molecule has 0 aliphatic carbocycles. The maximum atomic E-state index is 12.7. The molecule has 1 aromatic carbocycles. The first-order valence-corrected chi connectivity index (χ1v) is 5.67. The van der Waals surface area contributed by atoms with Crippen LogP contribution < -0.4 is 5.32 Å². The molecule has 0 spiro atoms. The van der Waals surface area contributed by atoms with Crippen molar-refractivity contribution in [1.82, 2.24) is 5.32 Å². The molecule has 90 valence electrons. The molecule has 2 atom stereocenters. The molecule has 0 fully saturated rings. The van der Waals surface area contributed by atoms with E-state index in [-0.39, 0.29) is 24.5 Å². The summed E-state index contributed by atoms with van der Waals surface area (Å²) in [5, 5.41) is 12.5. The Balaban J connectivity index is 2.64. The lowest BCUT2D eigenvalue weighted by molar-refractivity contribution is 0.201. The van der Waals surface area contributed by atoms with Gasteiger partial charge in [0.05, 0.1) is 6.61 Å². The topological polar surface area (TPSA) is 32.3 Å². The second-order valence-corrected chi connectivity index (χ2v) is 4.47. The molecule has 0 heterocycles. The average Bonchev–Trinajstić information content (AvgIpc) is 2.26. The molecule has 2 unspecified atom stereocenters. The van der Waals surface area contributed by atoms with Gasteiger partial charge in [-0.05, 0) is 30.5 Å². The highest BCUT2D eigenvalue weighted by atomic mass is 19.1. The van der Waals surface area contributed by atoms with Gasteiger partial charge >= 0.3 is 0 Å². The van der Waals surface area contributed by atoms with Gasteiger partial charge < -0.3 is 10.4 Å². The van der Waals surface area contributed by atoms with Crippen molar-refractivity contribution in [2.24, 2.45) is 5.92 Å². The Kier molecular flexibility index (Phi) is 4.90. The van der Waals surface area contributed by atoms with Gasteiger partial charge in [-0.2, -0.15) is 0 Å². The fourth-order valence-electron chi connectivity index (χ4n) is 1.62. The largest absolute Gasteiger partial charge is 0.395 e. The number of halogens is 1. The second kappa shape index (κ2) is 5.97. The first-order chi connectivity index (χ1) is 7.54. The first kappa shape index (κ1) is 13.1. The van der Waals surface area contributed by atoms with E-state index in [1.165, 1.54) is 12.1 Å². The highest BCUT2D eigenvalue weighted by molar-refractivity contribution is 5.19. The highest BCUT2D eigenvalue weighted by Gasteiger charge is 2.15. The van der Waals surface area contributed by atoms with Crippen molar-refractivity contribution in [2.75, 3.05) is 6.61 Å². The Morgan fingerprint density at radius 1 is 1.19 bits per heavy atom. The van der Waals surface area contributed by atoms with Gasteiger partial charge in [-0.3, -0.25) is 0 Å². The number of hydrogen-bond donors (Lipinski definition) is 2. The number of aliphatic hydroxyl groups excluding tert-OH is 1. The molecular weight excluding hydrogens is 205 g/mol. The van der Waals surface area contributed by atoms with E-state index in [1.54, 1.807) is 12.1 Å². The lowest BCUT2D eigenvalue weighted by Crippen LogP contribution is -2.38. The summed E-state index contributed by atoms with van der Waals surface area (Å²) in [6.45, 7) is 6.25. The fourth-order valence-corrected chi connectivity index (χ4v) is 1.62. The van der Waals surface area contributed by atoms with Gasteiger partial charge in [-0.15, -0.1) is 0 Å². The maximum Gasteiger partial charge on any atom is 0.123 e. The van der Waals surface area contributed by atoms with Gasteiger partial charge in [0.25, 0.3) is 0 Å². The predicted molar refractivity (Wildman–Crippen MR) is 63.7 cm³/mol. The molecule has 0 saturated carbocycles. The van der Waals surface area contributed by atoms with E-state index in [4.69, 9.17) is 0 Å². The monoisotopic (exact) mass is 225 g/mol. The number of aliphatic hydroxyl groups is 1. The van der Waals surface area contributed by atoms with Gasteiger partial charge in [-0.1, -0.05) is 26.0 Å². The molecule has 2 nitrogen and oxygen atoms in total. The lowest BCUT2D eigenvalue weighted by Gasteiger charge is -2.25. The first-order valence-electron chi connectivity index (χ1n) is 5.67. The molecule has 0 radical (unpaired) electrons. The number of hydrogen-bond acceptors (Lipinski definition) is 2. The minimum Gasteiger partial charge on any atom is -0.395 e. The van der Waals surface area contributed by atoms with Crippen molar-refractivity contribution < 1.29 is 9.50 Å². The van der Waals surface area contributed by atoms with Gasteiger partial charge in [0.15, 0.2) is 0 Å². The standard InChI is InChI=1S/C13H20FNO/c1-9(2)13(8-16)15-10(3)11-4-6-12(14)7-5-11/h4-7,9-10,13,15-16H,8H2,1-3H3. The molecule has 0 amide bonds. The Hall–Kier alpha value is -0.930. The van der Waals surface area contributed by atoms with Crippen LogP contribution in [0.2, 0.25) is 0 Å². The molecule has 3 heteroatoms. The number of rotatable bonds is 5. The van der Waals surface area contributed by atoms with Gasteiger partial charge in [0.2, 0.25) is 0 Å². The molecular formula is C13H20FNO. The van der Waals surface area contributed by atoms with Crippen molar-refractivity contribution in [2.45, 2.75) is 32.9 Å². The van der Waals surface area contributed by atoms with E-state index in [2.05, 4.69) is 19.2 Å². The molecule has 0 bridgehead atoms. The van der Waals surface area contributed by atoms with Crippen LogP contribution in [-0.2, 0) is 0 Å². The molecule has 1 rings (SSSR count). The molecule has 0 aliphatic heterocycles. The van der Waals surface area contributed by atoms with E-state index >= 15 is 0 Å². The van der Waals surface area contributed by atoms with Crippen LogP contribution >= 0.6 is 0 Å². The summed E-state index contributed by atoms with van der Waals surface area (Å²) in [6.07, 6.45) is 0. The summed E-state index contributed by atoms with van der Waals surface area (Å²) < 4.78 is 12.7. The number of benzene rings is 1. The summed E-state index contributed by atoms with van der Waals surface area (Å²) in [6, 6.07) is 6.62. The third-order valence-electron chi connectivity index (χ3n) is 2.84. The van der Waals surface area contributed by atoms with Crippen molar-refractivity contribution in [3.8, 4) is 0 Å². The third kappa shape index (κ3) is 3.58. The molecule has 0 aromatic heterocycles. The Morgan fingerprint density at radius 2 is 1.75 bits per heavy atom. The molecule has 1 aromatic rings. The zero-order valence-corrected chi connectivity index (χ0v) is 10.1. The zero-order valence-electron chi connectivity index (χ0n) is 10.1. The van der Waals surface area contributed by atoms with E-state index in [1.807, 2.05) is 6.92 Å². The van der Waals surface area contributed by atoms with E-state index in [0.717, 1.165) is 5.56 Å². The van der Waals surface area contributed by atoms with E-state index < -0.39 is 0 Å². The van der Waals surface area contributed by atoms with Crippen molar-refractivity contribution in [1.29, 1.82) is 0 Å². The van der Waals surface area contributed by atoms with Crippen molar-refractivity contribution in [3.63, 3.8) is 0 Å². The van der Waals surface area contributed by atoms with E-state index in [9.17, 15) is 9.50 Å². The Bertz CT molecular complexity index is 310. The second-order valence-electron chi connectivity index (χ2n) is 4.47. The molecule has 16 heavy (non-hydrogen) atoms. The normalized spacial score (nSPS) is 15.1. The Morgan fingerprint density at radius 3 is 2.19 bits per heavy atom.